The fourth-order valence-corrected chi connectivity index (χ4v) is 2.41. The second-order valence-electron chi connectivity index (χ2n) is 5.60. The van der Waals surface area contributed by atoms with E-state index >= 15 is 0 Å². The molecule has 1 heterocycles. The number of fused-ring (bicyclic) bond motifs is 1. The Kier molecular flexibility index (Phi) is 2.00. The zero-order valence-electron chi connectivity index (χ0n) is 10.1. The minimum absolute atomic E-state index is 0.242. The summed E-state index contributed by atoms with van der Waals surface area (Å²) in [5.74, 6) is 0.854. The summed E-state index contributed by atoms with van der Waals surface area (Å²) in [6.07, 6.45) is 1.20. The highest BCUT2D eigenvalue weighted by Crippen LogP contribution is 2.52. The third-order valence-corrected chi connectivity index (χ3v) is 3.86. The van der Waals surface area contributed by atoms with Crippen LogP contribution in [0.4, 0.5) is 10.3 Å². The molecule has 2 N–H and O–H groups in total. The van der Waals surface area contributed by atoms with E-state index < -0.39 is 0 Å². The van der Waals surface area contributed by atoms with Gasteiger partial charge < -0.3 is 10.3 Å². The Morgan fingerprint density at radius 3 is 2.88 bits per heavy atom. The number of hydrogen-bond acceptors (Lipinski definition) is 2. The number of anilines is 1. The average Bonchev–Trinajstić information content (AvgIpc) is 2.73. The number of nitrogen functional groups attached to an aromatic ring is 1. The molecule has 17 heavy (non-hydrogen) atoms. The maximum Gasteiger partial charge on any atom is 0.201 e. The van der Waals surface area contributed by atoms with Crippen molar-refractivity contribution < 1.29 is 4.39 Å². The first-order chi connectivity index (χ1) is 7.97. The van der Waals surface area contributed by atoms with Crippen molar-refractivity contribution in [3.63, 3.8) is 0 Å². The van der Waals surface area contributed by atoms with Crippen molar-refractivity contribution in [2.24, 2.45) is 11.3 Å². The fraction of sp³-hybridized carbons (Fsp3) is 0.462. The molecule has 1 aromatic carbocycles. The van der Waals surface area contributed by atoms with Gasteiger partial charge in [-0.25, -0.2) is 9.37 Å². The van der Waals surface area contributed by atoms with Gasteiger partial charge in [-0.1, -0.05) is 13.8 Å². The summed E-state index contributed by atoms with van der Waals surface area (Å²) < 4.78 is 15.2. The number of hydrogen-bond donors (Lipinski definition) is 1. The zero-order chi connectivity index (χ0) is 12.2. The summed E-state index contributed by atoms with van der Waals surface area (Å²) in [5, 5.41) is 0. The number of benzene rings is 1. The molecule has 2 aromatic rings. The lowest BCUT2D eigenvalue weighted by Crippen LogP contribution is -2.07. The van der Waals surface area contributed by atoms with Crippen LogP contribution in [0.15, 0.2) is 18.2 Å². The third-order valence-electron chi connectivity index (χ3n) is 3.86. The van der Waals surface area contributed by atoms with Crippen molar-refractivity contribution in [2.45, 2.75) is 26.8 Å². The first kappa shape index (κ1) is 10.6. The lowest BCUT2D eigenvalue weighted by molar-refractivity contribution is 0.507. The van der Waals surface area contributed by atoms with Gasteiger partial charge in [-0.3, -0.25) is 0 Å². The molecule has 0 bridgehead atoms. The second kappa shape index (κ2) is 3.22. The van der Waals surface area contributed by atoms with Crippen LogP contribution in [-0.2, 0) is 6.54 Å². The molecule has 4 heteroatoms. The molecule has 1 atom stereocenters. The van der Waals surface area contributed by atoms with E-state index in [-0.39, 0.29) is 5.82 Å². The SMILES string of the molecule is CC1(C)CC1Cn1c(N)nc2ccc(F)cc21. The summed E-state index contributed by atoms with van der Waals surface area (Å²) in [6.45, 7) is 5.32. The Morgan fingerprint density at radius 1 is 1.53 bits per heavy atom. The molecule has 1 fully saturated rings. The van der Waals surface area contributed by atoms with E-state index in [1.807, 2.05) is 4.57 Å². The molecule has 90 valence electrons. The van der Waals surface area contributed by atoms with E-state index in [0.29, 0.717) is 17.3 Å². The summed E-state index contributed by atoms with van der Waals surface area (Å²) in [4.78, 5) is 4.26. The van der Waals surface area contributed by atoms with Crippen LogP contribution in [0.3, 0.4) is 0 Å². The van der Waals surface area contributed by atoms with Gasteiger partial charge in [-0.2, -0.15) is 0 Å². The van der Waals surface area contributed by atoms with E-state index in [1.165, 1.54) is 18.6 Å². The number of aromatic nitrogens is 2. The highest BCUT2D eigenvalue weighted by atomic mass is 19.1. The van der Waals surface area contributed by atoms with Gasteiger partial charge in [0.2, 0.25) is 5.95 Å². The summed E-state index contributed by atoms with van der Waals surface area (Å²) >= 11 is 0. The quantitative estimate of drug-likeness (QED) is 0.866. The molecule has 0 aliphatic heterocycles. The Morgan fingerprint density at radius 2 is 2.24 bits per heavy atom. The number of nitrogens with zero attached hydrogens (tertiary/aromatic N) is 2. The number of nitrogens with two attached hydrogens (primary N) is 1. The molecule has 1 aliphatic rings. The van der Waals surface area contributed by atoms with Crippen molar-refractivity contribution in [2.75, 3.05) is 5.73 Å². The van der Waals surface area contributed by atoms with Crippen molar-refractivity contribution in [3.8, 4) is 0 Å². The Bertz CT molecular complexity index is 586. The van der Waals surface area contributed by atoms with Gasteiger partial charge in [0.15, 0.2) is 0 Å². The molecule has 3 nitrogen and oxygen atoms in total. The van der Waals surface area contributed by atoms with Gasteiger partial charge in [0.1, 0.15) is 5.82 Å². The second-order valence-corrected chi connectivity index (χ2v) is 5.60. The zero-order valence-corrected chi connectivity index (χ0v) is 10.1. The molecular formula is C13H16FN3. The molecule has 0 saturated heterocycles. The molecule has 1 aliphatic carbocycles. The molecule has 0 spiro atoms. The molecule has 1 unspecified atom stereocenters. The van der Waals surface area contributed by atoms with E-state index in [1.54, 1.807) is 6.07 Å². The van der Waals surface area contributed by atoms with Crippen molar-refractivity contribution >= 4 is 17.0 Å². The van der Waals surface area contributed by atoms with Crippen molar-refractivity contribution in [1.29, 1.82) is 0 Å². The fourth-order valence-electron chi connectivity index (χ4n) is 2.41. The number of imidazole rings is 1. The van der Waals surface area contributed by atoms with Gasteiger partial charge >= 0.3 is 0 Å². The smallest absolute Gasteiger partial charge is 0.201 e. The molecule has 1 aromatic heterocycles. The van der Waals surface area contributed by atoms with Crippen LogP contribution in [0.25, 0.3) is 11.0 Å². The summed E-state index contributed by atoms with van der Waals surface area (Å²) in [6, 6.07) is 4.60. The molecule has 3 rings (SSSR count). The minimum atomic E-state index is -0.242. The maximum atomic E-state index is 13.2. The minimum Gasteiger partial charge on any atom is -0.369 e. The van der Waals surface area contributed by atoms with Crippen LogP contribution in [0, 0.1) is 17.2 Å². The highest BCUT2D eigenvalue weighted by Gasteiger charge is 2.45. The molecule has 0 amide bonds. The van der Waals surface area contributed by atoms with Crippen LogP contribution in [0.2, 0.25) is 0 Å². The number of rotatable bonds is 2. The predicted molar refractivity (Wildman–Crippen MR) is 66.0 cm³/mol. The van der Waals surface area contributed by atoms with E-state index in [0.717, 1.165) is 17.6 Å². The van der Waals surface area contributed by atoms with Crippen LogP contribution in [-0.4, -0.2) is 9.55 Å². The average molecular weight is 233 g/mol. The van der Waals surface area contributed by atoms with Crippen molar-refractivity contribution in [3.05, 3.63) is 24.0 Å². The van der Waals surface area contributed by atoms with E-state index in [9.17, 15) is 4.39 Å². The standard InChI is InChI=1S/C13H16FN3/c1-13(2)6-8(13)7-17-11-5-9(14)3-4-10(11)16-12(17)15/h3-5,8H,6-7H2,1-2H3,(H2,15,16). The summed E-state index contributed by atoms with van der Waals surface area (Å²) in [7, 11) is 0. The summed E-state index contributed by atoms with van der Waals surface area (Å²) in [5.41, 5.74) is 7.85. The monoisotopic (exact) mass is 233 g/mol. The topological polar surface area (TPSA) is 43.8 Å². The Labute approximate surface area is 99.4 Å². The molecular weight excluding hydrogens is 217 g/mol. The van der Waals surface area contributed by atoms with Gasteiger partial charge in [0.25, 0.3) is 0 Å². The van der Waals surface area contributed by atoms with E-state index in [2.05, 4.69) is 18.8 Å². The van der Waals surface area contributed by atoms with Crippen LogP contribution >= 0.6 is 0 Å². The van der Waals surface area contributed by atoms with Crippen LogP contribution < -0.4 is 5.73 Å². The van der Waals surface area contributed by atoms with Gasteiger partial charge in [0, 0.05) is 6.54 Å². The Balaban J connectivity index is 2.03. The maximum absolute atomic E-state index is 13.2. The van der Waals surface area contributed by atoms with E-state index in [4.69, 9.17) is 5.73 Å². The third kappa shape index (κ3) is 1.68. The normalized spacial score (nSPS) is 21.9. The van der Waals surface area contributed by atoms with Gasteiger partial charge in [0.05, 0.1) is 11.0 Å². The van der Waals surface area contributed by atoms with Crippen LogP contribution in [0.1, 0.15) is 20.3 Å². The molecule has 1 saturated carbocycles. The lowest BCUT2D eigenvalue weighted by Gasteiger charge is -2.07. The Hall–Kier alpha value is -1.58. The first-order valence-electron chi connectivity index (χ1n) is 5.89. The van der Waals surface area contributed by atoms with Gasteiger partial charge in [-0.15, -0.1) is 0 Å². The first-order valence-corrected chi connectivity index (χ1v) is 5.89. The largest absolute Gasteiger partial charge is 0.369 e. The lowest BCUT2D eigenvalue weighted by atomic mass is 10.1. The predicted octanol–water partition coefficient (Wildman–Crippen LogP) is 2.80. The molecule has 0 radical (unpaired) electrons. The van der Waals surface area contributed by atoms with Crippen LogP contribution in [0.5, 0.6) is 0 Å². The van der Waals surface area contributed by atoms with Crippen molar-refractivity contribution in [1.82, 2.24) is 9.55 Å². The number of halogens is 1. The van der Waals surface area contributed by atoms with Gasteiger partial charge in [-0.05, 0) is 36.0 Å². The highest BCUT2D eigenvalue weighted by molar-refractivity contribution is 5.78.